The van der Waals surface area contributed by atoms with Crippen molar-refractivity contribution in [3.63, 3.8) is 0 Å². The first-order valence-electron chi connectivity index (χ1n) is 5.69. The molecule has 0 bridgehead atoms. The minimum absolute atomic E-state index is 0.0837. The first-order chi connectivity index (χ1) is 7.68. The quantitative estimate of drug-likeness (QED) is 0.823. The molecule has 1 saturated heterocycles. The van der Waals surface area contributed by atoms with Gasteiger partial charge in [-0.15, -0.1) is 0 Å². The highest BCUT2D eigenvalue weighted by Gasteiger charge is 2.29. The van der Waals surface area contributed by atoms with Gasteiger partial charge in [-0.3, -0.25) is 9.69 Å². The van der Waals surface area contributed by atoms with Crippen LogP contribution in [0.25, 0.3) is 0 Å². The van der Waals surface area contributed by atoms with Gasteiger partial charge in [-0.1, -0.05) is 30.3 Å². The lowest BCUT2D eigenvalue weighted by molar-refractivity contribution is -0.132. The van der Waals surface area contributed by atoms with Crippen LogP contribution in [0.5, 0.6) is 0 Å². The lowest BCUT2D eigenvalue weighted by Crippen LogP contribution is -2.44. The Morgan fingerprint density at radius 1 is 1.38 bits per heavy atom. The molecule has 1 N–H and O–H groups in total. The molecule has 0 amide bonds. The fourth-order valence-corrected chi connectivity index (χ4v) is 2.16. The van der Waals surface area contributed by atoms with Crippen molar-refractivity contribution in [2.75, 3.05) is 6.54 Å². The second-order valence-corrected chi connectivity index (χ2v) is 4.32. The third-order valence-corrected chi connectivity index (χ3v) is 3.20. The number of carbonyl (C=O) groups excluding carboxylic acids is 1. The maximum absolute atomic E-state index is 11.4. The maximum Gasteiger partial charge on any atom is 0.147 e. The van der Waals surface area contributed by atoms with Crippen molar-refractivity contribution in [1.29, 1.82) is 0 Å². The van der Waals surface area contributed by atoms with Gasteiger partial charge in [-0.2, -0.15) is 0 Å². The van der Waals surface area contributed by atoms with Crippen LogP contribution in [0.2, 0.25) is 0 Å². The van der Waals surface area contributed by atoms with Crippen LogP contribution in [0, 0.1) is 0 Å². The van der Waals surface area contributed by atoms with Gasteiger partial charge in [0.25, 0.3) is 0 Å². The van der Waals surface area contributed by atoms with Gasteiger partial charge >= 0.3 is 0 Å². The van der Waals surface area contributed by atoms with Crippen LogP contribution < -0.4 is 0 Å². The Kier molecular flexibility index (Phi) is 3.36. The summed E-state index contributed by atoms with van der Waals surface area (Å²) in [5.74, 6) is 0.216. The summed E-state index contributed by atoms with van der Waals surface area (Å²) in [6.07, 6.45) is 0.558. The first-order valence-corrected chi connectivity index (χ1v) is 5.69. The van der Waals surface area contributed by atoms with Crippen LogP contribution in [-0.2, 0) is 4.79 Å². The van der Waals surface area contributed by atoms with Gasteiger partial charge in [0.05, 0.1) is 6.54 Å². The number of hydrogen-bond donors (Lipinski definition) is 1. The Hall–Kier alpha value is -1.19. The summed E-state index contributed by atoms with van der Waals surface area (Å²) in [5, 5.41) is 9.89. The highest BCUT2D eigenvalue weighted by Crippen LogP contribution is 2.25. The van der Waals surface area contributed by atoms with Gasteiger partial charge in [-0.05, 0) is 18.9 Å². The van der Waals surface area contributed by atoms with Crippen LogP contribution >= 0.6 is 0 Å². The molecule has 3 nitrogen and oxygen atoms in total. The van der Waals surface area contributed by atoms with Crippen molar-refractivity contribution < 1.29 is 9.90 Å². The molecule has 0 spiro atoms. The summed E-state index contributed by atoms with van der Waals surface area (Å²) in [6, 6.07) is 10.1. The number of benzene rings is 1. The molecule has 2 atom stereocenters. The van der Waals surface area contributed by atoms with E-state index in [2.05, 4.69) is 0 Å². The number of aliphatic hydroxyl groups excluding tert-OH is 1. The van der Waals surface area contributed by atoms with E-state index < -0.39 is 6.23 Å². The SMILES string of the molecule is CC(c1ccccc1)N1CC(=O)CCC1O. The number of rotatable bonds is 2. The van der Waals surface area contributed by atoms with Crippen molar-refractivity contribution in [2.24, 2.45) is 0 Å². The molecular weight excluding hydrogens is 202 g/mol. The molecule has 1 aliphatic heterocycles. The number of likely N-dealkylation sites (tertiary alicyclic amines) is 1. The van der Waals surface area contributed by atoms with Crippen molar-refractivity contribution >= 4 is 5.78 Å². The number of nitrogens with zero attached hydrogens (tertiary/aromatic N) is 1. The molecule has 0 aromatic heterocycles. The Morgan fingerprint density at radius 3 is 2.75 bits per heavy atom. The average Bonchev–Trinajstić information content (AvgIpc) is 2.32. The van der Waals surface area contributed by atoms with E-state index in [-0.39, 0.29) is 11.8 Å². The predicted molar refractivity (Wildman–Crippen MR) is 61.8 cm³/mol. The van der Waals surface area contributed by atoms with Gasteiger partial charge in [0.15, 0.2) is 0 Å². The van der Waals surface area contributed by atoms with Crippen LogP contribution in [0.3, 0.4) is 0 Å². The summed E-state index contributed by atoms with van der Waals surface area (Å²) >= 11 is 0. The maximum atomic E-state index is 11.4. The zero-order chi connectivity index (χ0) is 11.5. The molecule has 1 aromatic rings. The van der Waals surface area contributed by atoms with E-state index in [0.29, 0.717) is 19.4 Å². The summed E-state index contributed by atoms with van der Waals surface area (Å²) in [4.78, 5) is 13.3. The minimum atomic E-state index is -0.493. The Labute approximate surface area is 95.7 Å². The highest BCUT2D eigenvalue weighted by molar-refractivity contribution is 5.81. The van der Waals surface area contributed by atoms with Gasteiger partial charge in [0, 0.05) is 12.5 Å². The number of aliphatic hydroxyl groups is 1. The molecule has 86 valence electrons. The van der Waals surface area contributed by atoms with Crippen LogP contribution in [0.1, 0.15) is 31.4 Å². The standard InChI is InChI=1S/C13H17NO2/c1-10(11-5-3-2-4-6-11)14-9-12(15)7-8-13(14)16/h2-6,10,13,16H,7-9H2,1H3. The van der Waals surface area contributed by atoms with E-state index in [9.17, 15) is 9.90 Å². The third kappa shape index (κ3) is 2.31. The fraction of sp³-hybridized carbons (Fsp3) is 0.462. The lowest BCUT2D eigenvalue weighted by Gasteiger charge is -2.36. The van der Waals surface area contributed by atoms with Gasteiger partial charge in [-0.25, -0.2) is 0 Å². The molecule has 1 heterocycles. The molecule has 0 radical (unpaired) electrons. The predicted octanol–water partition coefficient (Wildman–Crippen LogP) is 1.73. The summed E-state index contributed by atoms with van der Waals surface area (Å²) < 4.78 is 0. The molecule has 1 fully saturated rings. The molecule has 2 rings (SSSR count). The molecule has 1 aromatic carbocycles. The molecule has 2 unspecified atom stereocenters. The van der Waals surface area contributed by atoms with Crippen molar-refractivity contribution in [3.05, 3.63) is 35.9 Å². The van der Waals surface area contributed by atoms with E-state index >= 15 is 0 Å². The Balaban J connectivity index is 2.14. The second kappa shape index (κ2) is 4.76. The van der Waals surface area contributed by atoms with Crippen LogP contribution in [0.4, 0.5) is 0 Å². The number of ketones is 1. The van der Waals surface area contributed by atoms with Gasteiger partial charge in [0.1, 0.15) is 12.0 Å². The minimum Gasteiger partial charge on any atom is -0.378 e. The van der Waals surface area contributed by atoms with Crippen molar-refractivity contribution in [3.8, 4) is 0 Å². The number of Topliss-reactive ketones (excluding diaryl/α,β-unsaturated/α-hetero) is 1. The average molecular weight is 219 g/mol. The zero-order valence-electron chi connectivity index (χ0n) is 9.47. The molecule has 0 aliphatic carbocycles. The third-order valence-electron chi connectivity index (χ3n) is 3.20. The van der Waals surface area contributed by atoms with E-state index in [1.807, 2.05) is 42.2 Å². The van der Waals surface area contributed by atoms with Crippen LogP contribution in [-0.4, -0.2) is 28.6 Å². The number of carbonyl (C=O) groups is 1. The highest BCUT2D eigenvalue weighted by atomic mass is 16.3. The Morgan fingerprint density at radius 2 is 2.06 bits per heavy atom. The van der Waals surface area contributed by atoms with E-state index in [0.717, 1.165) is 5.56 Å². The summed E-state index contributed by atoms with van der Waals surface area (Å²) in [6.45, 7) is 2.38. The number of piperidine rings is 1. The largest absolute Gasteiger partial charge is 0.378 e. The van der Waals surface area contributed by atoms with Crippen molar-refractivity contribution in [2.45, 2.75) is 32.0 Å². The smallest absolute Gasteiger partial charge is 0.147 e. The van der Waals surface area contributed by atoms with E-state index in [4.69, 9.17) is 0 Å². The van der Waals surface area contributed by atoms with Gasteiger partial charge in [0.2, 0.25) is 0 Å². The van der Waals surface area contributed by atoms with Gasteiger partial charge < -0.3 is 5.11 Å². The topological polar surface area (TPSA) is 40.5 Å². The van der Waals surface area contributed by atoms with E-state index in [1.165, 1.54) is 0 Å². The fourth-order valence-electron chi connectivity index (χ4n) is 2.16. The molecule has 1 aliphatic rings. The molecule has 0 saturated carbocycles. The lowest BCUT2D eigenvalue weighted by atomic mass is 10.0. The molecular formula is C13H17NO2. The number of hydrogen-bond acceptors (Lipinski definition) is 3. The summed E-state index contributed by atoms with van der Waals surface area (Å²) in [7, 11) is 0. The second-order valence-electron chi connectivity index (χ2n) is 4.32. The van der Waals surface area contributed by atoms with Crippen LogP contribution in [0.15, 0.2) is 30.3 Å². The zero-order valence-corrected chi connectivity index (χ0v) is 9.47. The monoisotopic (exact) mass is 219 g/mol. The first kappa shape index (κ1) is 11.3. The van der Waals surface area contributed by atoms with E-state index in [1.54, 1.807) is 0 Å². The van der Waals surface area contributed by atoms with Crippen molar-refractivity contribution in [1.82, 2.24) is 4.90 Å². The summed E-state index contributed by atoms with van der Waals surface area (Å²) in [5.41, 5.74) is 1.14. The molecule has 3 heteroatoms. The normalized spacial score (nSPS) is 24.4. The molecule has 16 heavy (non-hydrogen) atoms. The Bertz CT molecular complexity index is 363.